The molecule has 25 heavy (non-hydrogen) atoms. The van der Waals surface area contributed by atoms with E-state index in [2.05, 4.69) is 10.2 Å². The normalized spacial score (nSPS) is 22.5. The smallest absolute Gasteiger partial charge is 0.255 e. The van der Waals surface area contributed by atoms with Gasteiger partial charge in [-0.2, -0.15) is 0 Å². The molecule has 2 heterocycles. The molecule has 138 valence electrons. The van der Waals surface area contributed by atoms with Gasteiger partial charge in [-0.15, -0.1) is 0 Å². The zero-order chi connectivity index (χ0) is 17.6. The lowest BCUT2D eigenvalue weighted by Gasteiger charge is -2.40. The fourth-order valence-electron chi connectivity index (χ4n) is 3.81. The molecule has 0 radical (unpaired) electrons. The highest BCUT2D eigenvalue weighted by Crippen LogP contribution is 2.25. The maximum absolute atomic E-state index is 12.3. The lowest BCUT2D eigenvalue weighted by Crippen LogP contribution is -2.47. The first-order valence-corrected chi connectivity index (χ1v) is 9.14. The molecule has 0 aromatic heterocycles. The minimum absolute atomic E-state index is 0.0515. The molecule has 2 fully saturated rings. The topological polar surface area (TPSA) is 71.0 Å². The van der Waals surface area contributed by atoms with Crippen molar-refractivity contribution in [3.63, 3.8) is 0 Å². The molecule has 1 aromatic carbocycles. The number of ether oxygens (including phenoxy) is 2. The molecule has 1 aromatic rings. The molecule has 2 aliphatic heterocycles. The minimum atomic E-state index is -0.233. The van der Waals surface area contributed by atoms with E-state index in [4.69, 9.17) is 9.47 Å². The molecular formula is C19H28N2O4. The van der Waals surface area contributed by atoms with Gasteiger partial charge in [0.2, 0.25) is 0 Å². The predicted octanol–water partition coefficient (Wildman–Crippen LogP) is 2.02. The highest BCUT2D eigenvalue weighted by atomic mass is 16.5. The van der Waals surface area contributed by atoms with Gasteiger partial charge in [-0.25, -0.2) is 0 Å². The second-order valence-electron chi connectivity index (χ2n) is 6.94. The van der Waals surface area contributed by atoms with Gasteiger partial charge in [0.1, 0.15) is 11.5 Å². The van der Waals surface area contributed by atoms with Crippen LogP contribution < -0.4 is 10.1 Å². The number of nitrogens with one attached hydrogen (secondary N) is 1. The highest BCUT2D eigenvalue weighted by Gasteiger charge is 2.27. The molecule has 6 nitrogen and oxygen atoms in total. The van der Waals surface area contributed by atoms with Crippen LogP contribution >= 0.6 is 0 Å². The van der Waals surface area contributed by atoms with Gasteiger partial charge in [0.15, 0.2) is 0 Å². The number of hydrogen-bond acceptors (Lipinski definition) is 5. The maximum Gasteiger partial charge on any atom is 0.255 e. The molecule has 0 spiro atoms. The number of amides is 1. The molecule has 6 heteroatoms. The molecule has 3 rings (SSSR count). The number of nitrogens with zero attached hydrogens (tertiary/aromatic N) is 1. The molecule has 0 aliphatic carbocycles. The van der Waals surface area contributed by atoms with E-state index in [9.17, 15) is 9.90 Å². The number of piperidine rings is 1. The summed E-state index contributed by atoms with van der Waals surface area (Å²) in [7, 11) is 1.53. The van der Waals surface area contributed by atoms with Gasteiger partial charge in [0.25, 0.3) is 5.91 Å². The fourth-order valence-corrected chi connectivity index (χ4v) is 3.81. The predicted molar refractivity (Wildman–Crippen MR) is 95.1 cm³/mol. The quantitative estimate of drug-likeness (QED) is 0.852. The summed E-state index contributed by atoms with van der Waals surface area (Å²) < 4.78 is 10.5. The van der Waals surface area contributed by atoms with Gasteiger partial charge in [0, 0.05) is 38.4 Å². The summed E-state index contributed by atoms with van der Waals surface area (Å²) in [6.45, 7) is 4.54. The van der Waals surface area contributed by atoms with Crippen molar-refractivity contribution in [1.82, 2.24) is 10.2 Å². The van der Waals surface area contributed by atoms with Crippen LogP contribution in [0.15, 0.2) is 18.2 Å². The highest BCUT2D eigenvalue weighted by molar-refractivity contribution is 5.97. The summed E-state index contributed by atoms with van der Waals surface area (Å²) in [5, 5.41) is 13.0. The average Bonchev–Trinajstić information content (AvgIpc) is 2.67. The van der Waals surface area contributed by atoms with Gasteiger partial charge >= 0.3 is 0 Å². The average molecular weight is 348 g/mol. The van der Waals surface area contributed by atoms with Crippen molar-refractivity contribution in [2.24, 2.45) is 5.92 Å². The molecule has 2 saturated heterocycles. The van der Waals surface area contributed by atoms with Gasteiger partial charge in [-0.3, -0.25) is 9.69 Å². The first-order chi connectivity index (χ1) is 12.2. The third kappa shape index (κ3) is 4.64. The van der Waals surface area contributed by atoms with Crippen LogP contribution in [0, 0.1) is 5.92 Å². The molecule has 2 N–H and O–H groups in total. The van der Waals surface area contributed by atoms with Crippen molar-refractivity contribution in [1.29, 1.82) is 0 Å². The molecule has 1 atom stereocenters. The van der Waals surface area contributed by atoms with E-state index in [1.807, 2.05) is 0 Å². The summed E-state index contributed by atoms with van der Waals surface area (Å²) in [6, 6.07) is 5.36. The number of methoxy groups -OCH3 is 1. The van der Waals surface area contributed by atoms with Crippen molar-refractivity contribution in [3.05, 3.63) is 23.8 Å². The molecule has 2 aliphatic rings. The Bertz CT molecular complexity index is 587. The number of hydrogen-bond donors (Lipinski definition) is 2. The Hall–Kier alpha value is -1.79. The second kappa shape index (κ2) is 8.54. The van der Waals surface area contributed by atoms with Crippen LogP contribution in [-0.4, -0.2) is 61.9 Å². The van der Waals surface area contributed by atoms with Crippen LogP contribution in [0.5, 0.6) is 11.5 Å². The van der Waals surface area contributed by atoms with Gasteiger partial charge in [-0.1, -0.05) is 0 Å². The number of rotatable bonds is 5. The van der Waals surface area contributed by atoms with E-state index in [0.29, 0.717) is 24.3 Å². The van der Waals surface area contributed by atoms with Gasteiger partial charge in [0.05, 0.1) is 12.7 Å². The summed E-state index contributed by atoms with van der Waals surface area (Å²) in [6.07, 6.45) is 4.53. The van der Waals surface area contributed by atoms with E-state index in [0.717, 1.165) is 45.6 Å². The molecule has 1 amide bonds. The number of aromatic hydroxyl groups is 1. The van der Waals surface area contributed by atoms with E-state index in [1.165, 1.54) is 19.6 Å². The lowest BCUT2D eigenvalue weighted by atomic mass is 9.94. The number of benzene rings is 1. The summed E-state index contributed by atoms with van der Waals surface area (Å²) in [5.74, 6) is 0.710. The molecule has 0 unspecified atom stereocenters. The number of phenols is 1. The molecular weight excluding hydrogens is 320 g/mol. The lowest BCUT2D eigenvalue weighted by molar-refractivity contribution is 0.0179. The van der Waals surface area contributed by atoms with Crippen LogP contribution in [0.2, 0.25) is 0 Å². The van der Waals surface area contributed by atoms with E-state index in [-0.39, 0.29) is 17.2 Å². The summed E-state index contributed by atoms with van der Waals surface area (Å²) in [4.78, 5) is 14.9. The minimum Gasteiger partial charge on any atom is -0.507 e. The second-order valence-corrected chi connectivity index (χ2v) is 6.94. The number of carbonyl (C=O) groups excluding carboxylic acids is 1. The Labute approximate surface area is 149 Å². The number of likely N-dealkylation sites (tertiary alicyclic amines) is 1. The van der Waals surface area contributed by atoms with E-state index < -0.39 is 0 Å². The standard InChI is InChI=1S/C19H28N2O4/c1-24-16-4-5-17(18(22)11-16)19(23)20-12-14-3-2-8-21(13-14)15-6-9-25-10-7-15/h4-5,11,14-15,22H,2-3,6-10,12-13H2,1H3,(H,20,23)/t14-/m1/s1. The Morgan fingerprint density at radius 3 is 2.88 bits per heavy atom. The van der Waals surface area contributed by atoms with Crippen LogP contribution in [-0.2, 0) is 4.74 Å². The van der Waals surface area contributed by atoms with Crippen molar-refractivity contribution in [2.45, 2.75) is 31.7 Å². The van der Waals surface area contributed by atoms with Crippen LogP contribution in [0.4, 0.5) is 0 Å². The fraction of sp³-hybridized carbons (Fsp3) is 0.632. The first-order valence-electron chi connectivity index (χ1n) is 9.14. The van der Waals surface area contributed by atoms with Crippen molar-refractivity contribution < 1.29 is 19.4 Å². The number of carbonyl (C=O) groups is 1. The zero-order valence-corrected chi connectivity index (χ0v) is 14.9. The van der Waals surface area contributed by atoms with Crippen molar-refractivity contribution in [3.8, 4) is 11.5 Å². The zero-order valence-electron chi connectivity index (χ0n) is 14.9. The van der Waals surface area contributed by atoms with Crippen molar-refractivity contribution >= 4 is 5.91 Å². The summed E-state index contributed by atoms with van der Waals surface area (Å²) >= 11 is 0. The van der Waals surface area contributed by atoms with E-state index >= 15 is 0 Å². The Balaban J connectivity index is 1.51. The first kappa shape index (κ1) is 18.0. The van der Waals surface area contributed by atoms with E-state index in [1.54, 1.807) is 12.1 Å². The SMILES string of the molecule is COc1ccc(C(=O)NC[C@H]2CCCN(C3CCOCC3)C2)c(O)c1. The van der Waals surface area contributed by atoms with Gasteiger partial charge < -0.3 is 19.9 Å². The largest absolute Gasteiger partial charge is 0.507 e. The van der Waals surface area contributed by atoms with Crippen LogP contribution in [0.1, 0.15) is 36.0 Å². The monoisotopic (exact) mass is 348 g/mol. The summed E-state index contributed by atoms with van der Waals surface area (Å²) in [5.41, 5.74) is 0.290. The Morgan fingerprint density at radius 2 is 2.16 bits per heavy atom. The molecule has 0 bridgehead atoms. The van der Waals surface area contributed by atoms with Crippen LogP contribution in [0.25, 0.3) is 0 Å². The third-order valence-electron chi connectivity index (χ3n) is 5.26. The maximum atomic E-state index is 12.3. The van der Waals surface area contributed by atoms with Crippen molar-refractivity contribution in [2.75, 3.05) is 40.0 Å². The van der Waals surface area contributed by atoms with Crippen LogP contribution in [0.3, 0.4) is 0 Å². The van der Waals surface area contributed by atoms with Gasteiger partial charge in [-0.05, 0) is 50.3 Å². The Morgan fingerprint density at radius 1 is 1.36 bits per heavy atom. The molecule has 0 saturated carbocycles. The Kier molecular flexibility index (Phi) is 6.15. The third-order valence-corrected chi connectivity index (χ3v) is 5.26. The number of phenolic OH excluding ortho intramolecular Hbond substituents is 1.